The van der Waals surface area contributed by atoms with Gasteiger partial charge in [0.2, 0.25) is 5.91 Å². The van der Waals surface area contributed by atoms with Crippen LogP contribution in [0.2, 0.25) is 5.02 Å². The Morgan fingerprint density at radius 3 is 2.54 bits per heavy atom. The van der Waals surface area contributed by atoms with Gasteiger partial charge in [-0.2, -0.15) is 0 Å². The lowest BCUT2D eigenvalue weighted by molar-refractivity contribution is -0.124. The smallest absolute Gasteiger partial charge is 0.255 e. The van der Waals surface area contributed by atoms with Crippen LogP contribution in [-0.4, -0.2) is 36.3 Å². The molecule has 1 aliphatic rings. The van der Waals surface area contributed by atoms with Crippen molar-refractivity contribution < 1.29 is 14.0 Å². The molecule has 0 aliphatic carbocycles. The van der Waals surface area contributed by atoms with E-state index < -0.39 is 0 Å². The summed E-state index contributed by atoms with van der Waals surface area (Å²) in [5, 5.41) is 3.36. The molecule has 2 aromatic carbocycles. The minimum atomic E-state index is -0.381. The number of benzene rings is 2. The van der Waals surface area contributed by atoms with Crippen molar-refractivity contribution in [3.8, 4) is 0 Å². The predicted molar refractivity (Wildman–Crippen MR) is 108 cm³/mol. The summed E-state index contributed by atoms with van der Waals surface area (Å²) in [7, 11) is 0. The highest BCUT2D eigenvalue weighted by Gasteiger charge is 2.40. The van der Waals surface area contributed by atoms with E-state index in [9.17, 15) is 14.0 Å². The molecule has 0 spiro atoms. The maximum atomic E-state index is 13.3. The first-order valence-electron chi connectivity index (χ1n) is 9.58. The topological polar surface area (TPSA) is 49.4 Å². The maximum absolute atomic E-state index is 13.3. The number of nitrogens with zero attached hydrogens (tertiary/aromatic N) is 1. The molecule has 4 nitrogen and oxygen atoms in total. The van der Waals surface area contributed by atoms with E-state index in [4.69, 9.17) is 11.6 Å². The lowest BCUT2D eigenvalue weighted by Gasteiger charge is -2.18. The lowest BCUT2D eigenvalue weighted by atomic mass is 9.88. The van der Waals surface area contributed by atoms with Gasteiger partial charge in [0.05, 0.1) is 16.5 Å². The molecule has 1 saturated heterocycles. The molecule has 2 atom stereocenters. The van der Waals surface area contributed by atoms with Gasteiger partial charge in [-0.1, -0.05) is 49.2 Å². The number of hydrogen-bond acceptors (Lipinski definition) is 2. The quantitative estimate of drug-likeness (QED) is 0.734. The van der Waals surface area contributed by atoms with E-state index >= 15 is 0 Å². The van der Waals surface area contributed by atoms with Crippen LogP contribution in [0, 0.1) is 11.7 Å². The number of amides is 2. The monoisotopic (exact) mass is 402 g/mol. The average Bonchev–Trinajstić information content (AvgIpc) is 3.14. The third-order valence-corrected chi connectivity index (χ3v) is 5.51. The van der Waals surface area contributed by atoms with E-state index in [1.807, 2.05) is 0 Å². The van der Waals surface area contributed by atoms with Gasteiger partial charge in [-0.05, 0) is 36.2 Å². The van der Waals surface area contributed by atoms with Gasteiger partial charge in [0.25, 0.3) is 5.91 Å². The van der Waals surface area contributed by atoms with Crippen LogP contribution in [-0.2, 0) is 4.79 Å². The molecule has 0 saturated carbocycles. The molecular formula is C22H24ClFN2O2. The molecule has 3 rings (SSSR count). The molecule has 28 heavy (non-hydrogen) atoms. The Hall–Kier alpha value is -2.40. The minimum Gasteiger partial charge on any atom is -0.356 e. The molecule has 148 valence electrons. The average molecular weight is 403 g/mol. The van der Waals surface area contributed by atoms with Crippen LogP contribution < -0.4 is 5.32 Å². The zero-order valence-corrected chi connectivity index (χ0v) is 16.6. The van der Waals surface area contributed by atoms with Crippen LogP contribution in [0.25, 0.3) is 0 Å². The molecule has 0 aromatic heterocycles. The first-order valence-corrected chi connectivity index (χ1v) is 9.96. The highest BCUT2D eigenvalue weighted by Crippen LogP contribution is 2.34. The number of unbranched alkanes of at least 4 members (excludes halogenated alkanes) is 1. The molecule has 6 heteroatoms. The van der Waals surface area contributed by atoms with Crippen molar-refractivity contribution in [2.75, 3.05) is 19.6 Å². The summed E-state index contributed by atoms with van der Waals surface area (Å²) in [5.41, 5.74) is 1.28. The van der Waals surface area contributed by atoms with Crippen LogP contribution in [0.4, 0.5) is 4.39 Å². The maximum Gasteiger partial charge on any atom is 0.255 e. The van der Waals surface area contributed by atoms with Crippen LogP contribution in [0.15, 0.2) is 48.5 Å². The number of halogens is 2. The number of carbonyl (C=O) groups excluding carboxylic acids is 2. The van der Waals surface area contributed by atoms with E-state index in [2.05, 4.69) is 12.2 Å². The van der Waals surface area contributed by atoms with Crippen molar-refractivity contribution >= 4 is 23.4 Å². The lowest BCUT2D eigenvalue weighted by Crippen LogP contribution is -2.36. The van der Waals surface area contributed by atoms with Crippen molar-refractivity contribution in [1.29, 1.82) is 0 Å². The Labute approximate surface area is 169 Å². The van der Waals surface area contributed by atoms with Gasteiger partial charge >= 0.3 is 0 Å². The highest BCUT2D eigenvalue weighted by molar-refractivity contribution is 6.33. The van der Waals surface area contributed by atoms with Crippen LogP contribution in [0.3, 0.4) is 0 Å². The fourth-order valence-corrected chi connectivity index (χ4v) is 3.82. The molecule has 2 unspecified atom stereocenters. The number of nitrogens with one attached hydrogen (secondary N) is 1. The molecule has 1 heterocycles. The first kappa shape index (κ1) is 20.3. The van der Waals surface area contributed by atoms with Gasteiger partial charge in [-0.3, -0.25) is 9.59 Å². The summed E-state index contributed by atoms with van der Waals surface area (Å²) in [4.78, 5) is 27.4. The van der Waals surface area contributed by atoms with Gasteiger partial charge in [-0.25, -0.2) is 4.39 Å². The summed E-state index contributed by atoms with van der Waals surface area (Å²) < 4.78 is 13.3. The molecule has 1 N–H and O–H groups in total. The summed E-state index contributed by atoms with van der Waals surface area (Å²) >= 11 is 6.18. The summed E-state index contributed by atoms with van der Waals surface area (Å²) in [6, 6.07) is 13.1. The Morgan fingerprint density at radius 2 is 1.86 bits per heavy atom. The second kappa shape index (κ2) is 9.20. The van der Waals surface area contributed by atoms with Gasteiger partial charge in [0.1, 0.15) is 5.82 Å². The van der Waals surface area contributed by atoms with Gasteiger partial charge < -0.3 is 10.2 Å². The van der Waals surface area contributed by atoms with Crippen molar-refractivity contribution in [3.05, 3.63) is 70.5 Å². The second-order valence-corrected chi connectivity index (χ2v) is 7.51. The van der Waals surface area contributed by atoms with Crippen LogP contribution in [0.1, 0.15) is 41.6 Å². The number of rotatable bonds is 6. The Bertz CT molecular complexity index is 841. The number of carbonyl (C=O) groups is 2. The normalized spacial score (nSPS) is 18.9. The zero-order valence-electron chi connectivity index (χ0n) is 15.8. The first-order chi connectivity index (χ1) is 13.5. The molecule has 0 radical (unpaired) electrons. The van der Waals surface area contributed by atoms with Crippen molar-refractivity contribution in [2.24, 2.45) is 5.92 Å². The minimum absolute atomic E-state index is 0.0720. The van der Waals surface area contributed by atoms with E-state index in [1.165, 1.54) is 12.1 Å². The van der Waals surface area contributed by atoms with Gasteiger partial charge in [0, 0.05) is 25.6 Å². The van der Waals surface area contributed by atoms with E-state index in [1.54, 1.807) is 41.3 Å². The number of hydrogen-bond donors (Lipinski definition) is 1. The Kier molecular flexibility index (Phi) is 6.68. The molecular weight excluding hydrogens is 379 g/mol. The van der Waals surface area contributed by atoms with E-state index in [0.29, 0.717) is 30.2 Å². The van der Waals surface area contributed by atoms with Gasteiger partial charge in [0.15, 0.2) is 0 Å². The third kappa shape index (κ3) is 4.53. The van der Waals surface area contributed by atoms with E-state index in [0.717, 1.165) is 18.4 Å². The molecule has 1 fully saturated rings. The standard InChI is InChI=1S/C22H24ClFN2O2/c1-2-3-12-25-21(27)19-14-26(22(28)17-6-4-5-7-20(17)23)13-18(19)15-8-10-16(24)11-9-15/h4-11,18-19H,2-3,12-14H2,1H3,(H,25,27). The Balaban J connectivity index is 1.83. The van der Waals surface area contributed by atoms with Crippen molar-refractivity contribution in [1.82, 2.24) is 10.2 Å². The molecule has 0 bridgehead atoms. The fourth-order valence-electron chi connectivity index (χ4n) is 3.61. The number of likely N-dealkylation sites (tertiary alicyclic amines) is 1. The Morgan fingerprint density at radius 1 is 1.14 bits per heavy atom. The predicted octanol–water partition coefficient (Wildman–Crippen LogP) is 4.25. The SMILES string of the molecule is CCCCNC(=O)C1CN(C(=O)c2ccccc2Cl)CC1c1ccc(F)cc1. The largest absolute Gasteiger partial charge is 0.356 e. The van der Waals surface area contributed by atoms with Crippen LogP contribution >= 0.6 is 11.6 Å². The van der Waals surface area contributed by atoms with E-state index in [-0.39, 0.29) is 29.5 Å². The van der Waals surface area contributed by atoms with Crippen LogP contribution in [0.5, 0.6) is 0 Å². The van der Waals surface area contributed by atoms with Gasteiger partial charge in [-0.15, -0.1) is 0 Å². The van der Waals surface area contributed by atoms with Crippen molar-refractivity contribution in [2.45, 2.75) is 25.7 Å². The molecule has 2 aromatic rings. The fraction of sp³-hybridized carbons (Fsp3) is 0.364. The summed E-state index contributed by atoms with van der Waals surface area (Å²) in [6.45, 7) is 3.37. The highest BCUT2D eigenvalue weighted by atomic mass is 35.5. The molecule has 1 aliphatic heterocycles. The van der Waals surface area contributed by atoms with Crippen molar-refractivity contribution in [3.63, 3.8) is 0 Å². The zero-order chi connectivity index (χ0) is 20.1. The summed E-state index contributed by atoms with van der Waals surface area (Å²) in [5.74, 6) is -1.16. The third-order valence-electron chi connectivity index (χ3n) is 5.18. The second-order valence-electron chi connectivity index (χ2n) is 7.10. The summed E-state index contributed by atoms with van der Waals surface area (Å²) in [6.07, 6.45) is 1.89. The molecule has 2 amide bonds.